The summed E-state index contributed by atoms with van der Waals surface area (Å²) in [6.45, 7) is 1.90. The van der Waals surface area contributed by atoms with Gasteiger partial charge in [0.2, 0.25) is 5.95 Å². The van der Waals surface area contributed by atoms with Gasteiger partial charge in [0.1, 0.15) is 17.1 Å². The second-order valence-corrected chi connectivity index (χ2v) is 6.10. The molecular formula is C18H13F3N8. The van der Waals surface area contributed by atoms with Gasteiger partial charge in [-0.3, -0.25) is 0 Å². The van der Waals surface area contributed by atoms with E-state index in [-0.39, 0.29) is 5.95 Å². The molecule has 29 heavy (non-hydrogen) atoms. The van der Waals surface area contributed by atoms with Crippen LogP contribution in [0.15, 0.2) is 42.9 Å². The van der Waals surface area contributed by atoms with E-state index < -0.39 is 17.6 Å². The number of nitrogens with two attached hydrogens (primary N) is 1. The van der Waals surface area contributed by atoms with Crippen molar-refractivity contribution in [2.75, 3.05) is 11.1 Å². The third kappa shape index (κ3) is 3.61. The molecule has 0 amide bonds. The summed E-state index contributed by atoms with van der Waals surface area (Å²) < 4.78 is 38.4. The molecule has 0 aliphatic heterocycles. The van der Waals surface area contributed by atoms with E-state index >= 15 is 0 Å². The van der Waals surface area contributed by atoms with Crippen molar-refractivity contribution >= 4 is 28.5 Å². The van der Waals surface area contributed by atoms with E-state index in [0.29, 0.717) is 34.3 Å². The summed E-state index contributed by atoms with van der Waals surface area (Å²) >= 11 is 0. The monoisotopic (exact) mass is 398 g/mol. The van der Waals surface area contributed by atoms with E-state index in [1.807, 2.05) is 13.0 Å². The minimum Gasteiger partial charge on any atom is -0.383 e. The smallest absolute Gasteiger partial charge is 0.383 e. The SMILES string of the molecule is Cc1ccnnc1-c1ccc2c(Nc3ncc(C(F)(F)F)c(N)n3)ccnc2n1. The highest BCUT2D eigenvalue weighted by atomic mass is 19.4. The zero-order chi connectivity index (χ0) is 20.6. The predicted octanol–water partition coefficient (Wildman–Crippen LogP) is 3.53. The highest BCUT2D eigenvalue weighted by Gasteiger charge is 2.34. The van der Waals surface area contributed by atoms with Gasteiger partial charge >= 0.3 is 6.18 Å². The third-order valence-corrected chi connectivity index (χ3v) is 4.14. The maximum Gasteiger partial charge on any atom is 0.421 e. The van der Waals surface area contributed by atoms with E-state index in [2.05, 4.69) is 35.5 Å². The molecule has 0 fully saturated rings. The largest absolute Gasteiger partial charge is 0.421 e. The Morgan fingerprint density at radius 3 is 2.55 bits per heavy atom. The summed E-state index contributed by atoms with van der Waals surface area (Å²) in [6.07, 6.45) is -0.875. The van der Waals surface area contributed by atoms with Gasteiger partial charge in [0, 0.05) is 24.0 Å². The number of pyridine rings is 2. The summed E-state index contributed by atoms with van der Waals surface area (Å²) in [5, 5.41) is 11.5. The molecule has 4 rings (SSSR count). The summed E-state index contributed by atoms with van der Waals surface area (Å²) in [5.41, 5.74) is 7.41. The number of nitrogen functional groups attached to an aromatic ring is 1. The number of nitrogens with zero attached hydrogens (tertiary/aromatic N) is 6. The van der Waals surface area contributed by atoms with Crippen LogP contribution in [-0.4, -0.2) is 30.1 Å². The van der Waals surface area contributed by atoms with Crippen LogP contribution in [0, 0.1) is 6.92 Å². The molecule has 4 aromatic rings. The highest BCUT2D eigenvalue weighted by molar-refractivity contribution is 5.91. The Bertz CT molecular complexity index is 1210. The van der Waals surface area contributed by atoms with Gasteiger partial charge in [0.15, 0.2) is 5.65 Å². The Kier molecular flexibility index (Phi) is 4.41. The maximum absolute atomic E-state index is 12.8. The van der Waals surface area contributed by atoms with Gasteiger partial charge in [-0.15, -0.1) is 5.10 Å². The average molecular weight is 398 g/mol. The lowest BCUT2D eigenvalue weighted by atomic mass is 10.1. The van der Waals surface area contributed by atoms with Crippen molar-refractivity contribution in [3.05, 3.63) is 54.0 Å². The lowest BCUT2D eigenvalue weighted by molar-refractivity contribution is -0.137. The fourth-order valence-corrected chi connectivity index (χ4v) is 2.71. The molecule has 0 spiro atoms. The summed E-state index contributed by atoms with van der Waals surface area (Å²) in [7, 11) is 0. The minimum absolute atomic E-state index is 0.0724. The normalized spacial score (nSPS) is 11.6. The van der Waals surface area contributed by atoms with Gasteiger partial charge in [-0.1, -0.05) is 0 Å². The van der Waals surface area contributed by atoms with Crippen LogP contribution in [0.4, 0.5) is 30.6 Å². The van der Waals surface area contributed by atoms with E-state index in [1.165, 1.54) is 6.20 Å². The second kappa shape index (κ2) is 6.93. The van der Waals surface area contributed by atoms with E-state index in [9.17, 15) is 13.2 Å². The van der Waals surface area contributed by atoms with Crippen molar-refractivity contribution in [1.82, 2.24) is 30.1 Å². The Balaban J connectivity index is 1.70. The molecule has 0 bridgehead atoms. The first-order chi connectivity index (χ1) is 13.8. The lowest BCUT2D eigenvalue weighted by Crippen LogP contribution is -2.12. The molecule has 0 atom stereocenters. The van der Waals surface area contributed by atoms with E-state index in [4.69, 9.17) is 5.73 Å². The first-order valence-corrected chi connectivity index (χ1v) is 8.34. The Morgan fingerprint density at radius 1 is 1.00 bits per heavy atom. The molecule has 0 aliphatic rings. The Morgan fingerprint density at radius 2 is 1.83 bits per heavy atom. The molecule has 3 N–H and O–H groups in total. The molecule has 146 valence electrons. The molecule has 11 heteroatoms. The molecular weight excluding hydrogens is 385 g/mol. The first-order valence-electron chi connectivity index (χ1n) is 8.34. The number of nitrogens with one attached hydrogen (secondary N) is 1. The predicted molar refractivity (Wildman–Crippen MR) is 100 cm³/mol. The Hall–Kier alpha value is -3.89. The standard InChI is InChI=1S/C18H13F3N8/c1-9-4-7-25-29-14(9)13-3-2-10-12(5-6-23-16(10)26-13)27-17-24-8-11(15(22)28-17)18(19,20)21/h2-8H,1H3,(H3,22,23,24,26,27,28). The van der Waals surface area contributed by atoms with Gasteiger partial charge in [-0.2, -0.15) is 23.3 Å². The van der Waals surface area contributed by atoms with E-state index in [1.54, 1.807) is 24.4 Å². The van der Waals surface area contributed by atoms with Gasteiger partial charge in [0.05, 0.1) is 11.4 Å². The van der Waals surface area contributed by atoms with Crippen LogP contribution in [0.5, 0.6) is 0 Å². The molecule has 4 aromatic heterocycles. The number of hydrogen-bond acceptors (Lipinski definition) is 8. The van der Waals surface area contributed by atoms with Gasteiger partial charge < -0.3 is 11.1 Å². The number of rotatable bonds is 3. The lowest BCUT2D eigenvalue weighted by Gasteiger charge is -2.12. The van der Waals surface area contributed by atoms with Gasteiger partial charge in [0.25, 0.3) is 0 Å². The van der Waals surface area contributed by atoms with Crippen LogP contribution in [-0.2, 0) is 6.18 Å². The van der Waals surface area contributed by atoms with Crippen molar-refractivity contribution in [2.24, 2.45) is 0 Å². The Labute approximate surface area is 162 Å². The molecule has 0 aromatic carbocycles. The van der Waals surface area contributed by atoms with Crippen LogP contribution in [0.3, 0.4) is 0 Å². The molecule has 0 aliphatic carbocycles. The van der Waals surface area contributed by atoms with Gasteiger partial charge in [-0.05, 0) is 36.8 Å². The summed E-state index contributed by atoms with van der Waals surface area (Å²) in [4.78, 5) is 16.2. The van der Waals surface area contributed by atoms with Crippen LogP contribution in [0.25, 0.3) is 22.4 Å². The van der Waals surface area contributed by atoms with Crippen LogP contribution in [0.1, 0.15) is 11.1 Å². The molecule has 0 saturated heterocycles. The molecule has 0 radical (unpaired) electrons. The number of alkyl halides is 3. The van der Waals surface area contributed by atoms with Crippen molar-refractivity contribution in [1.29, 1.82) is 0 Å². The van der Waals surface area contributed by atoms with Crippen molar-refractivity contribution < 1.29 is 13.2 Å². The number of aromatic nitrogens is 6. The first kappa shape index (κ1) is 18.5. The van der Waals surface area contributed by atoms with Crippen molar-refractivity contribution in [3.8, 4) is 11.4 Å². The quantitative estimate of drug-likeness (QED) is 0.539. The van der Waals surface area contributed by atoms with Crippen LogP contribution in [0.2, 0.25) is 0 Å². The fraction of sp³-hybridized carbons (Fsp3) is 0.111. The van der Waals surface area contributed by atoms with E-state index in [0.717, 1.165) is 5.56 Å². The summed E-state index contributed by atoms with van der Waals surface area (Å²) in [5.74, 6) is -0.733. The second-order valence-electron chi connectivity index (χ2n) is 6.10. The number of aryl methyl sites for hydroxylation is 1. The summed E-state index contributed by atoms with van der Waals surface area (Å²) in [6, 6.07) is 6.99. The molecule has 0 saturated carbocycles. The molecule has 0 unspecified atom stereocenters. The minimum atomic E-state index is -4.62. The van der Waals surface area contributed by atoms with Gasteiger partial charge in [-0.25, -0.2) is 15.0 Å². The molecule has 4 heterocycles. The number of anilines is 3. The zero-order valence-corrected chi connectivity index (χ0v) is 14.9. The molecule has 8 nitrogen and oxygen atoms in total. The topological polar surface area (TPSA) is 115 Å². The highest BCUT2D eigenvalue weighted by Crippen LogP contribution is 2.33. The fourth-order valence-electron chi connectivity index (χ4n) is 2.71. The van der Waals surface area contributed by atoms with Crippen molar-refractivity contribution in [2.45, 2.75) is 13.1 Å². The third-order valence-electron chi connectivity index (χ3n) is 4.14. The zero-order valence-electron chi connectivity index (χ0n) is 14.9. The number of hydrogen-bond donors (Lipinski definition) is 2. The maximum atomic E-state index is 12.8. The van der Waals surface area contributed by atoms with Crippen LogP contribution < -0.4 is 11.1 Å². The van der Waals surface area contributed by atoms with Crippen molar-refractivity contribution in [3.63, 3.8) is 0 Å². The average Bonchev–Trinajstić information content (AvgIpc) is 2.67. The number of halogens is 3. The van der Waals surface area contributed by atoms with Crippen LogP contribution >= 0.6 is 0 Å². The number of fused-ring (bicyclic) bond motifs is 1.